The fourth-order valence-electron chi connectivity index (χ4n) is 2.90. The first-order valence-electron chi connectivity index (χ1n) is 8.91. The summed E-state index contributed by atoms with van der Waals surface area (Å²) in [5.41, 5.74) is 1.97. The van der Waals surface area contributed by atoms with E-state index in [1.807, 2.05) is 18.2 Å². The number of hydrogen-bond acceptors (Lipinski definition) is 4. The van der Waals surface area contributed by atoms with E-state index in [1.54, 1.807) is 23.5 Å². The molecule has 1 aromatic heterocycles. The number of thiophene rings is 1. The van der Waals surface area contributed by atoms with E-state index >= 15 is 0 Å². The van der Waals surface area contributed by atoms with Crippen molar-refractivity contribution in [2.75, 3.05) is 5.32 Å². The zero-order valence-corrected chi connectivity index (χ0v) is 17.1. The van der Waals surface area contributed by atoms with Gasteiger partial charge in [-0.3, -0.25) is 10.1 Å². The molecule has 0 saturated carbocycles. The van der Waals surface area contributed by atoms with Crippen LogP contribution in [0.4, 0.5) is 11.4 Å². The van der Waals surface area contributed by atoms with E-state index in [4.69, 9.17) is 12.2 Å². The average molecular weight is 412 g/mol. The van der Waals surface area contributed by atoms with Gasteiger partial charge in [-0.15, -0.1) is 11.3 Å². The lowest BCUT2D eigenvalue weighted by molar-refractivity contribution is -0.384. The molecule has 0 saturated heterocycles. The van der Waals surface area contributed by atoms with Gasteiger partial charge in [0, 0.05) is 41.7 Å². The lowest BCUT2D eigenvalue weighted by Crippen LogP contribution is -2.41. The van der Waals surface area contributed by atoms with Crippen molar-refractivity contribution in [2.24, 2.45) is 0 Å². The first-order valence-corrected chi connectivity index (χ1v) is 10.2. The predicted molar refractivity (Wildman–Crippen MR) is 119 cm³/mol. The number of nitro benzene ring substituents is 1. The quantitative estimate of drug-likeness (QED) is 0.317. The zero-order chi connectivity index (χ0) is 19.9. The number of thiocarbonyl (C=S) groups is 1. The number of nitro groups is 1. The van der Waals surface area contributed by atoms with Gasteiger partial charge in [0.15, 0.2) is 5.11 Å². The molecule has 0 aliphatic carbocycles. The predicted octanol–water partition coefficient (Wildman–Crippen LogP) is 5.49. The largest absolute Gasteiger partial charge is 0.342 e. The highest BCUT2D eigenvalue weighted by molar-refractivity contribution is 7.80. The van der Waals surface area contributed by atoms with Gasteiger partial charge in [-0.1, -0.05) is 36.4 Å². The molecule has 0 fully saturated rings. The molecule has 1 atom stereocenters. The molecule has 0 bridgehead atoms. The lowest BCUT2D eigenvalue weighted by atomic mass is 10.1. The maximum absolute atomic E-state index is 10.8. The number of non-ortho nitro benzene ring substituents is 1. The molecular weight excluding hydrogens is 390 g/mol. The molecule has 3 aromatic rings. The third-order valence-corrected chi connectivity index (χ3v) is 5.63. The number of nitrogens with one attached hydrogen (secondary N) is 1. The summed E-state index contributed by atoms with van der Waals surface area (Å²) >= 11 is 7.44. The summed E-state index contributed by atoms with van der Waals surface area (Å²) in [6, 6.07) is 20.9. The normalized spacial score (nSPS) is 11.6. The van der Waals surface area contributed by atoms with Crippen LogP contribution in [0.5, 0.6) is 0 Å². The van der Waals surface area contributed by atoms with Crippen molar-refractivity contribution in [3.63, 3.8) is 0 Å². The van der Waals surface area contributed by atoms with Crippen molar-refractivity contribution in [2.45, 2.75) is 25.9 Å². The first kappa shape index (κ1) is 20.0. The standard InChI is InChI=1S/C21H21N3O2S2/c1-16(14-20-8-5-13-28-20)23(15-17-6-3-2-4-7-17)21(27)22-18-9-11-19(12-10-18)24(25)26/h2-13,16H,14-15H2,1H3,(H,22,27)/t16-/m0/s1. The van der Waals surface area contributed by atoms with Crippen LogP contribution in [0.1, 0.15) is 17.4 Å². The minimum absolute atomic E-state index is 0.0590. The summed E-state index contributed by atoms with van der Waals surface area (Å²) in [6.07, 6.45) is 0.895. The van der Waals surface area contributed by atoms with Gasteiger partial charge >= 0.3 is 0 Å². The second-order valence-electron chi connectivity index (χ2n) is 6.48. The summed E-state index contributed by atoms with van der Waals surface area (Å²) in [5, 5.41) is 16.7. The molecular formula is C21H21N3O2S2. The Bertz CT molecular complexity index is 913. The molecule has 0 radical (unpaired) electrons. The Morgan fingerprint density at radius 2 is 1.86 bits per heavy atom. The zero-order valence-electron chi connectivity index (χ0n) is 15.4. The molecule has 28 heavy (non-hydrogen) atoms. The lowest BCUT2D eigenvalue weighted by Gasteiger charge is -2.32. The minimum Gasteiger partial charge on any atom is -0.342 e. The van der Waals surface area contributed by atoms with Gasteiger partial charge in [-0.25, -0.2) is 0 Å². The molecule has 3 rings (SSSR count). The Balaban J connectivity index is 1.76. The van der Waals surface area contributed by atoms with Crippen LogP contribution in [0.25, 0.3) is 0 Å². The van der Waals surface area contributed by atoms with Gasteiger partial charge in [-0.2, -0.15) is 0 Å². The van der Waals surface area contributed by atoms with Crippen molar-refractivity contribution in [1.29, 1.82) is 0 Å². The highest BCUT2D eigenvalue weighted by Gasteiger charge is 2.19. The molecule has 0 amide bonds. The first-order chi connectivity index (χ1) is 13.5. The Morgan fingerprint density at radius 1 is 1.14 bits per heavy atom. The van der Waals surface area contributed by atoms with E-state index in [0.717, 1.165) is 12.1 Å². The van der Waals surface area contributed by atoms with Crippen molar-refractivity contribution in [3.05, 3.63) is 92.7 Å². The third-order valence-electron chi connectivity index (χ3n) is 4.39. The van der Waals surface area contributed by atoms with E-state index in [9.17, 15) is 10.1 Å². The van der Waals surface area contributed by atoms with Crippen LogP contribution in [0, 0.1) is 10.1 Å². The van der Waals surface area contributed by atoms with Gasteiger partial charge in [0.1, 0.15) is 0 Å². The molecule has 0 aliphatic heterocycles. The highest BCUT2D eigenvalue weighted by atomic mass is 32.1. The molecule has 2 aromatic carbocycles. The van der Waals surface area contributed by atoms with Gasteiger partial charge in [0.2, 0.25) is 0 Å². The molecule has 0 unspecified atom stereocenters. The van der Waals surface area contributed by atoms with Gasteiger partial charge < -0.3 is 10.2 Å². The van der Waals surface area contributed by atoms with Gasteiger partial charge in [0.05, 0.1) is 4.92 Å². The molecule has 7 heteroatoms. The third kappa shape index (κ3) is 5.37. The van der Waals surface area contributed by atoms with Crippen LogP contribution in [-0.2, 0) is 13.0 Å². The number of hydrogen-bond donors (Lipinski definition) is 1. The van der Waals surface area contributed by atoms with Crippen LogP contribution in [0.2, 0.25) is 0 Å². The van der Waals surface area contributed by atoms with Crippen LogP contribution < -0.4 is 5.32 Å². The number of nitrogens with zero attached hydrogens (tertiary/aromatic N) is 2. The van der Waals surface area contributed by atoms with E-state index in [0.29, 0.717) is 11.7 Å². The van der Waals surface area contributed by atoms with E-state index in [1.165, 1.54) is 22.6 Å². The topological polar surface area (TPSA) is 58.4 Å². The van der Waals surface area contributed by atoms with Crippen LogP contribution in [0.3, 0.4) is 0 Å². The number of anilines is 1. The summed E-state index contributed by atoms with van der Waals surface area (Å²) in [7, 11) is 0. The number of rotatable bonds is 7. The van der Waals surface area contributed by atoms with Crippen LogP contribution >= 0.6 is 23.6 Å². The monoisotopic (exact) mass is 411 g/mol. The molecule has 5 nitrogen and oxygen atoms in total. The molecule has 0 aliphatic rings. The van der Waals surface area contributed by atoms with Crippen molar-refractivity contribution < 1.29 is 4.92 Å². The molecule has 144 valence electrons. The fourth-order valence-corrected chi connectivity index (χ4v) is 4.09. The average Bonchev–Trinajstić information content (AvgIpc) is 3.20. The van der Waals surface area contributed by atoms with Crippen LogP contribution in [0.15, 0.2) is 72.1 Å². The summed E-state index contributed by atoms with van der Waals surface area (Å²) in [5.74, 6) is 0. The second-order valence-corrected chi connectivity index (χ2v) is 7.90. The van der Waals surface area contributed by atoms with Gasteiger partial charge in [-0.05, 0) is 48.3 Å². The molecule has 1 heterocycles. The Labute approximate surface area is 173 Å². The Kier molecular flexibility index (Phi) is 6.73. The number of benzene rings is 2. The Morgan fingerprint density at radius 3 is 2.46 bits per heavy atom. The van der Waals surface area contributed by atoms with Crippen molar-refractivity contribution >= 4 is 40.0 Å². The summed E-state index contributed by atoms with van der Waals surface area (Å²) in [6.45, 7) is 2.85. The fraction of sp³-hybridized carbons (Fsp3) is 0.190. The van der Waals surface area contributed by atoms with Crippen LogP contribution in [-0.4, -0.2) is 21.0 Å². The van der Waals surface area contributed by atoms with Gasteiger partial charge in [0.25, 0.3) is 5.69 Å². The molecule has 1 N–H and O–H groups in total. The minimum atomic E-state index is -0.410. The van der Waals surface area contributed by atoms with E-state index in [2.05, 4.69) is 46.8 Å². The van der Waals surface area contributed by atoms with E-state index in [-0.39, 0.29) is 11.7 Å². The SMILES string of the molecule is C[C@@H](Cc1cccs1)N(Cc1ccccc1)C(=S)Nc1ccc([N+](=O)[O-])cc1. The Hall–Kier alpha value is -2.77. The maximum atomic E-state index is 10.8. The highest BCUT2D eigenvalue weighted by Crippen LogP contribution is 2.20. The smallest absolute Gasteiger partial charge is 0.269 e. The summed E-state index contributed by atoms with van der Waals surface area (Å²) in [4.78, 5) is 13.9. The van der Waals surface area contributed by atoms with Crippen molar-refractivity contribution in [1.82, 2.24) is 4.90 Å². The van der Waals surface area contributed by atoms with Crippen molar-refractivity contribution in [3.8, 4) is 0 Å². The maximum Gasteiger partial charge on any atom is 0.269 e. The second kappa shape index (κ2) is 9.43. The summed E-state index contributed by atoms with van der Waals surface area (Å²) < 4.78 is 0. The molecule has 0 spiro atoms. The van der Waals surface area contributed by atoms with E-state index < -0.39 is 4.92 Å².